The van der Waals surface area contributed by atoms with Gasteiger partial charge in [0.05, 0.1) is 4.88 Å². The molecule has 2 aromatic rings. The summed E-state index contributed by atoms with van der Waals surface area (Å²) in [6.45, 7) is 4.15. The number of carbonyl (C=O) groups excluding carboxylic acids is 1. The highest BCUT2D eigenvalue weighted by molar-refractivity contribution is 7.20. The van der Waals surface area contributed by atoms with Gasteiger partial charge in [-0.15, -0.1) is 11.3 Å². The molecule has 0 spiro atoms. The van der Waals surface area contributed by atoms with Gasteiger partial charge < -0.3 is 0 Å². The zero-order valence-corrected chi connectivity index (χ0v) is 9.80. The predicted molar refractivity (Wildman–Crippen MR) is 65.6 cm³/mol. The van der Waals surface area contributed by atoms with Crippen LogP contribution < -0.4 is 0 Å². The van der Waals surface area contributed by atoms with Gasteiger partial charge in [-0.2, -0.15) is 0 Å². The van der Waals surface area contributed by atoms with Crippen molar-refractivity contribution >= 4 is 27.2 Å². The van der Waals surface area contributed by atoms with E-state index in [4.69, 9.17) is 0 Å². The number of hydrogen-bond donors (Lipinski definition) is 0. The van der Waals surface area contributed by atoms with Gasteiger partial charge in [-0.05, 0) is 23.4 Å². The summed E-state index contributed by atoms with van der Waals surface area (Å²) in [6, 6.07) is 10.1. The summed E-state index contributed by atoms with van der Waals surface area (Å²) in [5.74, 6) is 0.703. The first-order valence-corrected chi connectivity index (χ1v) is 6.00. The smallest absolute Gasteiger partial charge is 0.173 e. The standard InChI is InChI=1S/C13H14OS/c1-9(2)7-11(14)13-8-10-5-3-4-6-12(10)15-13/h3-6,8-9H,7H2,1-2H3. The molecular formula is C13H14OS. The maximum atomic E-state index is 11.8. The maximum Gasteiger partial charge on any atom is 0.173 e. The molecule has 78 valence electrons. The van der Waals surface area contributed by atoms with Crippen LogP contribution in [-0.2, 0) is 0 Å². The first-order chi connectivity index (χ1) is 7.16. The number of ketones is 1. The van der Waals surface area contributed by atoms with E-state index in [1.165, 1.54) is 10.1 Å². The van der Waals surface area contributed by atoms with Crippen molar-refractivity contribution in [2.75, 3.05) is 0 Å². The Hall–Kier alpha value is -1.15. The molecule has 2 heteroatoms. The van der Waals surface area contributed by atoms with Crippen LogP contribution in [0.5, 0.6) is 0 Å². The summed E-state index contributed by atoms with van der Waals surface area (Å²) in [5, 5.41) is 1.18. The highest BCUT2D eigenvalue weighted by atomic mass is 32.1. The Balaban J connectivity index is 2.32. The minimum absolute atomic E-state index is 0.270. The van der Waals surface area contributed by atoms with Crippen molar-refractivity contribution in [1.29, 1.82) is 0 Å². The van der Waals surface area contributed by atoms with Crippen molar-refractivity contribution < 1.29 is 4.79 Å². The SMILES string of the molecule is CC(C)CC(=O)c1cc2ccccc2s1. The molecule has 0 aliphatic heterocycles. The van der Waals surface area contributed by atoms with Gasteiger partial charge in [0.1, 0.15) is 0 Å². The van der Waals surface area contributed by atoms with E-state index in [1.807, 2.05) is 18.2 Å². The maximum absolute atomic E-state index is 11.8. The molecule has 0 saturated carbocycles. The van der Waals surface area contributed by atoms with Crippen LogP contribution in [-0.4, -0.2) is 5.78 Å². The van der Waals surface area contributed by atoms with Crippen LogP contribution in [0, 0.1) is 5.92 Å². The molecule has 0 radical (unpaired) electrons. The Bertz CT molecular complexity index is 449. The average Bonchev–Trinajstić information content (AvgIpc) is 2.59. The molecule has 0 fully saturated rings. The third kappa shape index (κ3) is 2.26. The predicted octanol–water partition coefficient (Wildman–Crippen LogP) is 4.13. The molecule has 0 unspecified atom stereocenters. The molecule has 1 heterocycles. The van der Waals surface area contributed by atoms with Gasteiger partial charge in [0.25, 0.3) is 0 Å². The molecular weight excluding hydrogens is 204 g/mol. The first-order valence-electron chi connectivity index (χ1n) is 5.18. The molecule has 0 saturated heterocycles. The quantitative estimate of drug-likeness (QED) is 0.708. The number of benzene rings is 1. The Morgan fingerprint density at radius 2 is 2.07 bits per heavy atom. The lowest BCUT2D eigenvalue weighted by Crippen LogP contribution is -2.00. The van der Waals surface area contributed by atoms with Crippen molar-refractivity contribution in [3.63, 3.8) is 0 Å². The molecule has 0 atom stereocenters. The van der Waals surface area contributed by atoms with E-state index in [-0.39, 0.29) is 5.78 Å². The molecule has 0 aliphatic rings. The molecule has 1 aromatic heterocycles. The van der Waals surface area contributed by atoms with Crippen LogP contribution in [0.3, 0.4) is 0 Å². The Morgan fingerprint density at radius 1 is 1.33 bits per heavy atom. The van der Waals surface area contributed by atoms with Gasteiger partial charge in [0.2, 0.25) is 0 Å². The summed E-state index contributed by atoms with van der Waals surface area (Å²) < 4.78 is 1.20. The zero-order valence-electron chi connectivity index (χ0n) is 8.99. The number of thiophene rings is 1. The van der Waals surface area contributed by atoms with E-state index in [2.05, 4.69) is 26.0 Å². The van der Waals surface area contributed by atoms with E-state index in [0.29, 0.717) is 12.3 Å². The summed E-state index contributed by atoms with van der Waals surface area (Å²) in [6.07, 6.45) is 0.646. The van der Waals surface area contributed by atoms with Gasteiger partial charge in [-0.25, -0.2) is 0 Å². The normalized spacial score (nSPS) is 11.1. The third-order valence-electron chi connectivity index (χ3n) is 2.29. The van der Waals surface area contributed by atoms with Crippen molar-refractivity contribution in [3.05, 3.63) is 35.2 Å². The van der Waals surface area contributed by atoms with E-state index in [9.17, 15) is 4.79 Å². The van der Waals surface area contributed by atoms with Gasteiger partial charge in [0.15, 0.2) is 5.78 Å². The zero-order chi connectivity index (χ0) is 10.8. The molecule has 0 amide bonds. The fraction of sp³-hybridized carbons (Fsp3) is 0.308. The minimum atomic E-state index is 0.270. The van der Waals surface area contributed by atoms with Crippen molar-refractivity contribution in [3.8, 4) is 0 Å². The molecule has 0 aliphatic carbocycles. The fourth-order valence-electron chi connectivity index (χ4n) is 1.59. The monoisotopic (exact) mass is 218 g/mol. The Kier molecular flexibility index (Phi) is 2.87. The van der Waals surface area contributed by atoms with Crippen LogP contribution in [0.15, 0.2) is 30.3 Å². The van der Waals surface area contributed by atoms with Crippen LogP contribution in [0.2, 0.25) is 0 Å². The van der Waals surface area contributed by atoms with E-state index in [1.54, 1.807) is 11.3 Å². The second-order valence-corrected chi connectivity index (χ2v) is 5.25. The molecule has 0 N–H and O–H groups in total. The van der Waals surface area contributed by atoms with Gasteiger partial charge in [-0.1, -0.05) is 32.0 Å². The van der Waals surface area contributed by atoms with Crippen molar-refractivity contribution in [2.45, 2.75) is 20.3 Å². The minimum Gasteiger partial charge on any atom is -0.293 e. The molecule has 1 nitrogen and oxygen atoms in total. The first kappa shape index (κ1) is 10.4. The van der Waals surface area contributed by atoms with Crippen LogP contribution in [0.1, 0.15) is 29.9 Å². The highest BCUT2D eigenvalue weighted by Crippen LogP contribution is 2.26. The van der Waals surface area contributed by atoms with Crippen molar-refractivity contribution in [2.24, 2.45) is 5.92 Å². The Labute approximate surface area is 93.7 Å². The summed E-state index contributed by atoms with van der Waals surface area (Å²) in [7, 11) is 0. The Morgan fingerprint density at radius 3 is 2.73 bits per heavy atom. The van der Waals surface area contributed by atoms with Crippen LogP contribution in [0.25, 0.3) is 10.1 Å². The lowest BCUT2D eigenvalue weighted by molar-refractivity contribution is 0.0972. The number of carbonyl (C=O) groups is 1. The molecule has 15 heavy (non-hydrogen) atoms. The fourth-order valence-corrected chi connectivity index (χ4v) is 2.60. The van der Waals surface area contributed by atoms with E-state index < -0.39 is 0 Å². The van der Waals surface area contributed by atoms with E-state index >= 15 is 0 Å². The van der Waals surface area contributed by atoms with Gasteiger partial charge >= 0.3 is 0 Å². The van der Waals surface area contributed by atoms with Gasteiger partial charge in [0, 0.05) is 11.1 Å². The number of hydrogen-bond acceptors (Lipinski definition) is 2. The summed E-state index contributed by atoms with van der Waals surface area (Å²) >= 11 is 1.60. The number of fused-ring (bicyclic) bond motifs is 1. The average molecular weight is 218 g/mol. The molecule has 0 bridgehead atoms. The number of rotatable bonds is 3. The third-order valence-corrected chi connectivity index (χ3v) is 3.45. The topological polar surface area (TPSA) is 17.1 Å². The van der Waals surface area contributed by atoms with Gasteiger partial charge in [-0.3, -0.25) is 4.79 Å². The number of Topliss-reactive ketones (excluding diaryl/α,β-unsaturated/α-hetero) is 1. The summed E-state index contributed by atoms with van der Waals surface area (Å²) in [5.41, 5.74) is 0. The largest absolute Gasteiger partial charge is 0.293 e. The lowest BCUT2D eigenvalue weighted by Gasteiger charge is -2.00. The second kappa shape index (κ2) is 4.15. The molecule has 2 rings (SSSR count). The van der Waals surface area contributed by atoms with Crippen LogP contribution in [0.4, 0.5) is 0 Å². The second-order valence-electron chi connectivity index (χ2n) is 4.17. The highest BCUT2D eigenvalue weighted by Gasteiger charge is 2.11. The lowest BCUT2D eigenvalue weighted by atomic mass is 10.1. The molecule has 1 aromatic carbocycles. The van der Waals surface area contributed by atoms with E-state index in [0.717, 1.165) is 4.88 Å². The van der Waals surface area contributed by atoms with Crippen molar-refractivity contribution in [1.82, 2.24) is 0 Å². The van der Waals surface area contributed by atoms with Crippen LogP contribution >= 0.6 is 11.3 Å². The summed E-state index contributed by atoms with van der Waals surface area (Å²) in [4.78, 5) is 12.7.